The largest absolute Gasteiger partial charge is 0.508 e. The average Bonchev–Trinajstić information content (AvgIpc) is 2.33. The molecule has 1 aromatic carbocycles. The van der Waals surface area contributed by atoms with Crippen molar-refractivity contribution in [3.8, 4) is 5.75 Å². The third-order valence-electron chi connectivity index (χ3n) is 2.53. The van der Waals surface area contributed by atoms with Crippen LogP contribution in [0.2, 0.25) is 0 Å². The molecule has 0 heterocycles. The maximum absolute atomic E-state index is 11.5. The fourth-order valence-electron chi connectivity index (χ4n) is 1.59. The Labute approximate surface area is 131 Å². The van der Waals surface area contributed by atoms with Crippen LogP contribution in [-0.4, -0.2) is 39.7 Å². The van der Waals surface area contributed by atoms with Crippen LogP contribution in [0.25, 0.3) is 0 Å². The fourth-order valence-corrected chi connectivity index (χ4v) is 1.94. The highest BCUT2D eigenvalue weighted by molar-refractivity contribution is 9.10. The minimum Gasteiger partial charge on any atom is -0.508 e. The number of nitrogens with one attached hydrogen (secondary N) is 1. The average molecular weight is 362 g/mol. The first-order chi connectivity index (χ1) is 9.60. The third-order valence-corrected chi connectivity index (χ3v) is 3.02. The molecule has 2 atom stereocenters. The number of benzene rings is 1. The number of hydrogen-bond donors (Lipinski definition) is 4. The Balaban J connectivity index is 2.59. The van der Waals surface area contributed by atoms with E-state index < -0.39 is 23.9 Å². The Hall–Kier alpha value is -1.31. The number of phenols is 1. The van der Waals surface area contributed by atoms with Gasteiger partial charge in [-0.15, -0.1) is 0 Å². The molecule has 4 N–H and O–H groups in total. The van der Waals surface area contributed by atoms with Crippen LogP contribution in [0.15, 0.2) is 22.7 Å². The molecule has 0 bridgehead atoms. The molecular weight excluding hydrogens is 342 g/mol. The zero-order valence-corrected chi connectivity index (χ0v) is 13.7. The van der Waals surface area contributed by atoms with Gasteiger partial charge in [-0.05, 0) is 32.9 Å². The summed E-state index contributed by atoms with van der Waals surface area (Å²) in [4.78, 5) is 11.5. The van der Waals surface area contributed by atoms with Crippen LogP contribution in [0.1, 0.15) is 32.4 Å². The van der Waals surface area contributed by atoms with E-state index in [-0.39, 0.29) is 17.9 Å². The lowest BCUT2D eigenvalue weighted by Gasteiger charge is -2.22. The lowest BCUT2D eigenvalue weighted by Crippen LogP contribution is -2.38. The Morgan fingerprint density at radius 2 is 2.00 bits per heavy atom. The lowest BCUT2D eigenvalue weighted by atomic mass is 10.0. The first-order valence-electron chi connectivity index (χ1n) is 6.41. The van der Waals surface area contributed by atoms with E-state index in [0.717, 1.165) is 0 Å². The zero-order chi connectivity index (χ0) is 16.2. The number of alkyl carbamates (subject to hydrolysis) is 1. The molecular formula is C14H20BrNO5. The van der Waals surface area contributed by atoms with Gasteiger partial charge in [0.1, 0.15) is 23.6 Å². The highest BCUT2D eigenvalue weighted by Gasteiger charge is 2.23. The van der Waals surface area contributed by atoms with Gasteiger partial charge in [0, 0.05) is 16.6 Å². The smallest absolute Gasteiger partial charge is 0.407 e. The van der Waals surface area contributed by atoms with Crippen LogP contribution >= 0.6 is 15.9 Å². The predicted octanol–water partition coefficient (Wildman–Crippen LogP) is 2.07. The van der Waals surface area contributed by atoms with Gasteiger partial charge >= 0.3 is 6.09 Å². The van der Waals surface area contributed by atoms with Crippen molar-refractivity contribution in [3.63, 3.8) is 0 Å². The lowest BCUT2D eigenvalue weighted by molar-refractivity contribution is 0.0119. The first-order valence-corrected chi connectivity index (χ1v) is 7.21. The van der Waals surface area contributed by atoms with E-state index in [4.69, 9.17) is 4.74 Å². The number of ether oxygens (including phenoxy) is 1. The molecule has 118 valence electrons. The van der Waals surface area contributed by atoms with Gasteiger partial charge in [0.2, 0.25) is 0 Å². The maximum atomic E-state index is 11.5. The zero-order valence-electron chi connectivity index (χ0n) is 12.1. The number of carbonyl (C=O) groups is 1. The quantitative estimate of drug-likeness (QED) is 0.657. The van der Waals surface area contributed by atoms with E-state index in [0.29, 0.717) is 4.47 Å². The van der Waals surface area contributed by atoms with E-state index in [2.05, 4.69) is 21.2 Å². The minimum absolute atomic E-state index is 0.145. The van der Waals surface area contributed by atoms with Crippen molar-refractivity contribution in [1.82, 2.24) is 5.32 Å². The fraction of sp³-hybridized carbons (Fsp3) is 0.500. The summed E-state index contributed by atoms with van der Waals surface area (Å²) in [5.74, 6) is -0.145. The minimum atomic E-state index is -1.33. The number of aliphatic hydroxyl groups excluding tert-OH is 2. The van der Waals surface area contributed by atoms with Gasteiger partial charge in [0.05, 0.1) is 0 Å². The SMILES string of the molecule is CC(C)(C)OC(=O)NCC(O)C(O)c1ccc(Br)cc1O. The van der Waals surface area contributed by atoms with Crippen molar-refractivity contribution in [2.24, 2.45) is 0 Å². The number of carbonyl (C=O) groups excluding carboxylic acids is 1. The van der Waals surface area contributed by atoms with Gasteiger partial charge in [-0.3, -0.25) is 0 Å². The molecule has 2 unspecified atom stereocenters. The topological polar surface area (TPSA) is 99.0 Å². The van der Waals surface area contributed by atoms with Crippen molar-refractivity contribution < 1.29 is 24.9 Å². The molecule has 1 amide bonds. The Morgan fingerprint density at radius 1 is 1.38 bits per heavy atom. The molecule has 0 fully saturated rings. The second-order valence-corrected chi connectivity index (χ2v) is 6.51. The van der Waals surface area contributed by atoms with Crippen LogP contribution in [0, 0.1) is 0 Å². The van der Waals surface area contributed by atoms with Crippen LogP contribution < -0.4 is 5.32 Å². The van der Waals surface area contributed by atoms with E-state index >= 15 is 0 Å². The van der Waals surface area contributed by atoms with Crippen molar-refractivity contribution in [3.05, 3.63) is 28.2 Å². The molecule has 0 aromatic heterocycles. The highest BCUT2D eigenvalue weighted by Crippen LogP contribution is 2.29. The summed E-state index contributed by atoms with van der Waals surface area (Å²) in [5, 5.41) is 31.9. The number of hydrogen-bond acceptors (Lipinski definition) is 5. The summed E-state index contributed by atoms with van der Waals surface area (Å²) in [6.45, 7) is 4.96. The molecule has 1 aromatic rings. The van der Waals surface area contributed by atoms with E-state index in [1.54, 1.807) is 26.8 Å². The second-order valence-electron chi connectivity index (χ2n) is 5.60. The summed E-state index contributed by atoms with van der Waals surface area (Å²) < 4.78 is 5.66. The van der Waals surface area contributed by atoms with Crippen LogP contribution in [0.5, 0.6) is 5.75 Å². The summed E-state index contributed by atoms with van der Waals surface area (Å²) in [7, 11) is 0. The number of rotatable bonds is 4. The number of amides is 1. The molecule has 21 heavy (non-hydrogen) atoms. The third kappa shape index (κ3) is 5.91. The molecule has 0 spiro atoms. The van der Waals surface area contributed by atoms with Crippen LogP contribution in [0.4, 0.5) is 4.79 Å². The Morgan fingerprint density at radius 3 is 2.52 bits per heavy atom. The van der Waals surface area contributed by atoms with Gasteiger partial charge in [-0.2, -0.15) is 0 Å². The monoisotopic (exact) mass is 361 g/mol. The summed E-state index contributed by atoms with van der Waals surface area (Å²) in [6, 6.07) is 4.53. The highest BCUT2D eigenvalue weighted by atomic mass is 79.9. The molecule has 0 radical (unpaired) electrons. The molecule has 0 aliphatic rings. The molecule has 0 aliphatic heterocycles. The Kier molecular flexibility index (Phi) is 6.00. The molecule has 0 aliphatic carbocycles. The van der Waals surface area contributed by atoms with E-state index in [1.165, 1.54) is 12.1 Å². The van der Waals surface area contributed by atoms with Crippen molar-refractivity contribution in [2.45, 2.75) is 38.6 Å². The Bertz CT molecular complexity index is 501. The standard InChI is InChI=1S/C14H20BrNO5/c1-14(2,3)21-13(20)16-7-11(18)12(19)9-5-4-8(15)6-10(9)17/h4-6,11-12,17-19H,7H2,1-3H3,(H,16,20). The molecule has 7 heteroatoms. The molecule has 1 rings (SSSR count). The van der Waals surface area contributed by atoms with Gasteiger partial charge in [0.15, 0.2) is 0 Å². The van der Waals surface area contributed by atoms with Crippen LogP contribution in [-0.2, 0) is 4.74 Å². The van der Waals surface area contributed by atoms with Crippen molar-refractivity contribution in [2.75, 3.05) is 6.54 Å². The van der Waals surface area contributed by atoms with Gasteiger partial charge in [-0.25, -0.2) is 4.79 Å². The maximum Gasteiger partial charge on any atom is 0.407 e. The predicted molar refractivity (Wildman–Crippen MR) is 81.0 cm³/mol. The first kappa shape index (κ1) is 17.7. The summed E-state index contributed by atoms with van der Waals surface area (Å²) >= 11 is 3.18. The van der Waals surface area contributed by atoms with Gasteiger partial charge in [0.25, 0.3) is 0 Å². The second kappa shape index (κ2) is 7.11. The summed E-state index contributed by atoms with van der Waals surface area (Å²) in [5.41, 5.74) is -0.464. The van der Waals surface area contributed by atoms with Gasteiger partial charge in [-0.1, -0.05) is 22.0 Å². The van der Waals surface area contributed by atoms with E-state index in [9.17, 15) is 20.1 Å². The van der Waals surface area contributed by atoms with Crippen molar-refractivity contribution >= 4 is 22.0 Å². The van der Waals surface area contributed by atoms with Crippen molar-refractivity contribution in [1.29, 1.82) is 0 Å². The number of aliphatic hydroxyl groups is 2. The summed E-state index contributed by atoms with van der Waals surface area (Å²) in [6.07, 6.45) is -3.29. The molecule has 6 nitrogen and oxygen atoms in total. The number of phenolic OH excluding ortho intramolecular Hbond substituents is 1. The molecule has 0 saturated heterocycles. The number of aromatic hydroxyl groups is 1. The van der Waals surface area contributed by atoms with E-state index in [1.807, 2.05) is 0 Å². The number of halogens is 1. The normalized spacial score (nSPS) is 14.4. The van der Waals surface area contributed by atoms with Crippen LogP contribution in [0.3, 0.4) is 0 Å². The molecule has 0 saturated carbocycles. The van der Waals surface area contributed by atoms with Gasteiger partial charge < -0.3 is 25.4 Å².